The summed E-state index contributed by atoms with van der Waals surface area (Å²) >= 11 is 9.34. The van der Waals surface area contributed by atoms with E-state index in [1.807, 2.05) is 0 Å². The first-order chi connectivity index (χ1) is 11.6. The average molecular weight is 325 g/mol. The van der Waals surface area contributed by atoms with Crippen LogP contribution in [0.3, 0.4) is 0 Å². The van der Waals surface area contributed by atoms with Gasteiger partial charge in [-0.05, 0) is 46.1 Å². The van der Waals surface area contributed by atoms with Gasteiger partial charge in [-0.2, -0.15) is 0 Å². The molecule has 0 nitrogen and oxygen atoms in total. The van der Waals surface area contributed by atoms with Crippen molar-refractivity contribution in [1.29, 1.82) is 0 Å². The Kier molecular flexibility index (Phi) is 1.64. The lowest BCUT2D eigenvalue weighted by Crippen LogP contribution is -1.80. The molecular weight excluding hydrogens is 308 g/mol. The molecule has 18 heavy (non-hydrogen) atoms. The molecule has 0 aliphatic carbocycles. The van der Waals surface area contributed by atoms with Gasteiger partial charge in [0.1, 0.15) is 0 Å². The summed E-state index contributed by atoms with van der Waals surface area (Å²) in [5, 5.41) is 0.189. The van der Waals surface area contributed by atoms with Gasteiger partial charge in [-0.1, -0.05) is 63.8 Å². The van der Waals surface area contributed by atoms with E-state index in [-0.39, 0.29) is 34.5 Å². The summed E-state index contributed by atoms with van der Waals surface area (Å²) in [7, 11) is 0. The van der Waals surface area contributed by atoms with Crippen LogP contribution in [0, 0.1) is 0 Å². The first-order valence-electron chi connectivity index (χ1n) is 8.61. The Balaban J connectivity index is 2.56. The molecule has 0 aliphatic heterocycles. The van der Waals surface area contributed by atoms with Crippen molar-refractivity contribution in [3.63, 3.8) is 0 Å². The summed E-state index contributed by atoms with van der Waals surface area (Å²) in [5.74, 6) is 0. The highest BCUT2D eigenvalue weighted by molar-refractivity contribution is 9.10. The predicted molar refractivity (Wildman–Crippen MR) is 82.1 cm³/mol. The van der Waals surface area contributed by atoms with E-state index >= 15 is 0 Å². The van der Waals surface area contributed by atoms with Crippen LogP contribution in [0.1, 0.15) is 9.60 Å². The van der Waals surface area contributed by atoms with Crippen LogP contribution in [0.15, 0.2) is 65.0 Å². The minimum absolute atomic E-state index is 0.0712. The van der Waals surface area contributed by atoms with Crippen LogP contribution < -0.4 is 0 Å². The summed E-state index contributed by atoms with van der Waals surface area (Å²) in [6, 6.07) is 2.23. The third-order valence-electron chi connectivity index (χ3n) is 2.40. The number of halogens is 2. The standard InChI is InChI=1S/C16H10BrCl/c17-15-8-14(9-16(18)10-15)13-6-5-11-3-1-2-4-12(11)7-13/h1-10H/i1D,2D,3D,4D,5D,6D,7D. The second-order valence-corrected chi connectivity index (χ2v) is 5.01. The van der Waals surface area contributed by atoms with Gasteiger partial charge < -0.3 is 0 Å². The molecular formula is C16H10BrCl. The lowest BCUT2D eigenvalue weighted by molar-refractivity contribution is 1.61. The lowest BCUT2D eigenvalue weighted by atomic mass is 10.0. The van der Waals surface area contributed by atoms with Gasteiger partial charge in [0.2, 0.25) is 0 Å². The molecule has 2 heteroatoms. The van der Waals surface area contributed by atoms with Crippen molar-refractivity contribution in [3.8, 4) is 11.1 Å². The number of hydrogen-bond acceptors (Lipinski definition) is 0. The zero-order chi connectivity index (χ0) is 18.6. The maximum absolute atomic E-state index is 8.45. The van der Waals surface area contributed by atoms with Gasteiger partial charge in [-0.15, -0.1) is 0 Å². The number of fused-ring (bicyclic) bond motifs is 1. The summed E-state index contributed by atoms with van der Waals surface area (Å²) in [6.45, 7) is 0. The maximum Gasteiger partial charge on any atom is 0.0636 e. The molecule has 0 amide bonds. The molecule has 0 aliphatic rings. The van der Waals surface area contributed by atoms with E-state index in [0.29, 0.717) is 15.1 Å². The van der Waals surface area contributed by atoms with Crippen molar-refractivity contribution in [1.82, 2.24) is 0 Å². The summed E-state index contributed by atoms with van der Waals surface area (Å²) in [6.07, 6.45) is 0. The first-order valence-corrected chi connectivity index (χ1v) is 6.28. The van der Waals surface area contributed by atoms with Crippen molar-refractivity contribution in [2.24, 2.45) is 0 Å². The fourth-order valence-electron chi connectivity index (χ4n) is 1.62. The molecule has 0 heterocycles. The van der Waals surface area contributed by atoms with Crippen LogP contribution in [0.4, 0.5) is 0 Å². The Morgan fingerprint density at radius 1 is 0.889 bits per heavy atom. The van der Waals surface area contributed by atoms with Crippen LogP contribution >= 0.6 is 27.5 Å². The molecule has 0 bridgehead atoms. The van der Waals surface area contributed by atoms with E-state index in [0.717, 1.165) is 0 Å². The SMILES string of the molecule is [2H]c1c([2H])c([2H])c2c([2H])c(-c3cc(Cl)cc(Br)c3)c([2H])c([2H])c2c1[2H]. The first kappa shape index (κ1) is 6.23. The number of hydrogen-bond donors (Lipinski definition) is 0. The molecule has 3 aromatic rings. The van der Waals surface area contributed by atoms with Gasteiger partial charge in [-0.25, -0.2) is 0 Å². The quantitative estimate of drug-likeness (QED) is 0.521. The monoisotopic (exact) mass is 323 g/mol. The second kappa shape index (κ2) is 4.75. The highest BCUT2D eigenvalue weighted by atomic mass is 79.9. The van der Waals surface area contributed by atoms with Gasteiger partial charge >= 0.3 is 0 Å². The Morgan fingerprint density at radius 2 is 1.67 bits per heavy atom. The van der Waals surface area contributed by atoms with E-state index in [9.17, 15) is 0 Å². The topological polar surface area (TPSA) is 0 Å². The fraction of sp³-hybridized carbons (Fsp3) is 0. The smallest absolute Gasteiger partial charge is 0.0636 e. The summed E-state index contributed by atoms with van der Waals surface area (Å²) in [4.78, 5) is 0. The molecule has 0 radical (unpaired) electrons. The molecule has 0 aromatic heterocycles. The molecule has 0 saturated heterocycles. The largest absolute Gasteiger partial charge is 0.0843 e. The average Bonchev–Trinajstić information content (AvgIpc) is 2.53. The van der Waals surface area contributed by atoms with Crippen molar-refractivity contribution >= 4 is 38.3 Å². The molecule has 3 rings (SSSR count). The molecule has 88 valence electrons. The van der Waals surface area contributed by atoms with Crippen LogP contribution in [0.2, 0.25) is 5.02 Å². The van der Waals surface area contributed by atoms with Gasteiger partial charge in [0, 0.05) is 9.50 Å². The molecule has 0 saturated carbocycles. The minimum atomic E-state index is -0.483. The van der Waals surface area contributed by atoms with Gasteiger partial charge in [0.25, 0.3) is 0 Å². The number of benzene rings is 3. The van der Waals surface area contributed by atoms with Gasteiger partial charge in [0.05, 0.1) is 9.60 Å². The molecule has 0 N–H and O–H groups in total. The van der Waals surface area contributed by atoms with Gasteiger partial charge in [0.15, 0.2) is 0 Å². The summed E-state index contributed by atoms with van der Waals surface area (Å²) in [5.41, 5.74) is 0.530. The maximum atomic E-state index is 8.45. The fourth-order valence-corrected chi connectivity index (χ4v) is 2.48. The van der Waals surface area contributed by atoms with E-state index in [1.165, 1.54) is 0 Å². The molecule has 0 fully saturated rings. The normalized spacial score (nSPS) is 16.2. The minimum Gasteiger partial charge on any atom is -0.0843 e. The third-order valence-corrected chi connectivity index (χ3v) is 3.08. The second-order valence-electron chi connectivity index (χ2n) is 3.66. The van der Waals surface area contributed by atoms with Crippen LogP contribution in [0.25, 0.3) is 21.9 Å². The predicted octanol–water partition coefficient (Wildman–Crippen LogP) is 5.92. The van der Waals surface area contributed by atoms with Crippen molar-refractivity contribution in [2.75, 3.05) is 0 Å². The van der Waals surface area contributed by atoms with Crippen LogP contribution in [-0.2, 0) is 0 Å². The van der Waals surface area contributed by atoms with E-state index in [4.69, 9.17) is 21.2 Å². The van der Waals surface area contributed by atoms with E-state index < -0.39 is 24.2 Å². The Bertz CT molecular complexity index is 1030. The molecule has 0 spiro atoms. The molecule has 3 aromatic carbocycles. The lowest BCUT2D eigenvalue weighted by Gasteiger charge is -2.05. The zero-order valence-corrected chi connectivity index (χ0v) is 11.3. The Morgan fingerprint density at radius 3 is 2.44 bits per heavy atom. The van der Waals surface area contributed by atoms with E-state index in [1.54, 1.807) is 18.2 Å². The van der Waals surface area contributed by atoms with Crippen molar-refractivity contribution in [2.45, 2.75) is 0 Å². The Hall–Kier alpha value is -1.31. The van der Waals surface area contributed by atoms with Crippen molar-refractivity contribution in [3.05, 3.63) is 70.0 Å². The Labute approximate surface area is 129 Å². The van der Waals surface area contributed by atoms with Crippen LogP contribution in [-0.4, -0.2) is 0 Å². The third kappa shape index (κ3) is 2.29. The number of rotatable bonds is 1. The molecule has 0 atom stereocenters. The summed E-state index contributed by atoms with van der Waals surface area (Å²) < 4.78 is 57.2. The highest BCUT2D eigenvalue weighted by Gasteiger charge is 2.02. The zero-order valence-electron chi connectivity index (χ0n) is 16.0. The highest BCUT2D eigenvalue weighted by Crippen LogP contribution is 2.29. The van der Waals surface area contributed by atoms with E-state index in [2.05, 4.69) is 15.9 Å². The van der Waals surface area contributed by atoms with Crippen molar-refractivity contribution < 1.29 is 9.60 Å². The van der Waals surface area contributed by atoms with Gasteiger partial charge in [-0.3, -0.25) is 0 Å². The van der Waals surface area contributed by atoms with Crippen LogP contribution in [0.5, 0.6) is 0 Å². The molecule has 0 unspecified atom stereocenters.